The smallest absolute Gasteiger partial charge is 0.306 e. The lowest BCUT2D eigenvalue weighted by atomic mass is 10.0. The van der Waals surface area contributed by atoms with Crippen LogP contribution < -0.4 is 0 Å². The molecule has 0 aliphatic carbocycles. The van der Waals surface area contributed by atoms with Crippen LogP contribution in [-0.4, -0.2) is 37.2 Å². The average molecular weight is 765 g/mol. The number of hydrogen-bond acceptors (Lipinski definition) is 6. The fraction of sp³-hybridized carbons (Fsp3) is 0.938. The summed E-state index contributed by atoms with van der Waals surface area (Å²) in [5.74, 6) is -0.862. The molecule has 0 unspecified atom stereocenters. The van der Waals surface area contributed by atoms with Crippen molar-refractivity contribution in [3.63, 3.8) is 0 Å². The van der Waals surface area contributed by atoms with Crippen LogP contribution in [0.4, 0.5) is 0 Å². The van der Waals surface area contributed by atoms with Gasteiger partial charge in [-0.1, -0.05) is 233 Å². The molecule has 0 N–H and O–H groups in total. The third kappa shape index (κ3) is 41.6. The highest BCUT2D eigenvalue weighted by Gasteiger charge is 2.19. The Morgan fingerprint density at radius 2 is 0.500 bits per heavy atom. The predicted octanol–water partition coefficient (Wildman–Crippen LogP) is 15.3. The number of hydrogen-bond donors (Lipinski definition) is 0. The topological polar surface area (TPSA) is 78.9 Å². The highest BCUT2D eigenvalue weighted by Crippen LogP contribution is 2.16. The van der Waals surface area contributed by atoms with Crippen LogP contribution in [0, 0.1) is 0 Å². The molecule has 0 saturated heterocycles. The Hall–Kier alpha value is -1.59. The van der Waals surface area contributed by atoms with Crippen LogP contribution in [0.3, 0.4) is 0 Å². The van der Waals surface area contributed by atoms with Gasteiger partial charge in [-0.05, 0) is 19.3 Å². The summed E-state index contributed by atoms with van der Waals surface area (Å²) in [5, 5.41) is 0. The van der Waals surface area contributed by atoms with Gasteiger partial charge in [0, 0.05) is 19.3 Å². The molecule has 0 heterocycles. The number of rotatable bonds is 44. The first-order valence-corrected chi connectivity index (χ1v) is 24.0. The Bertz CT molecular complexity index is 798. The second-order valence-electron chi connectivity index (χ2n) is 16.4. The zero-order valence-electron chi connectivity index (χ0n) is 36.5. The van der Waals surface area contributed by atoms with Crippen LogP contribution >= 0.6 is 0 Å². The SMILES string of the molecule is CCCCCCCCCCCCCCCCCCC(=O)OC[C@H](COC(=O)CCCCCCCCCCCCCCCCC)OC(=O)CCCCCCC. The van der Waals surface area contributed by atoms with Crippen LogP contribution in [-0.2, 0) is 28.6 Å². The number of ether oxygens (including phenoxy) is 3. The number of carbonyl (C=O) groups excluding carboxylic acids is 3. The van der Waals surface area contributed by atoms with Crippen molar-refractivity contribution in [3.8, 4) is 0 Å². The predicted molar refractivity (Wildman–Crippen MR) is 229 cm³/mol. The van der Waals surface area contributed by atoms with E-state index in [9.17, 15) is 14.4 Å². The maximum Gasteiger partial charge on any atom is 0.306 e. The number of carbonyl (C=O) groups is 3. The second kappa shape index (κ2) is 44.1. The molecule has 0 aliphatic heterocycles. The van der Waals surface area contributed by atoms with Gasteiger partial charge in [0.2, 0.25) is 0 Å². The molecule has 0 fully saturated rings. The molecule has 0 spiro atoms. The van der Waals surface area contributed by atoms with Crippen molar-refractivity contribution in [2.45, 2.75) is 277 Å². The van der Waals surface area contributed by atoms with Crippen molar-refractivity contribution in [1.82, 2.24) is 0 Å². The van der Waals surface area contributed by atoms with Gasteiger partial charge < -0.3 is 14.2 Å². The normalized spacial score (nSPS) is 11.8. The summed E-state index contributed by atoms with van der Waals surface area (Å²) in [6, 6.07) is 0. The molecule has 6 nitrogen and oxygen atoms in total. The summed E-state index contributed by atoms with van der Waals surface area (Å²) in [4.78, 5) is 37.5. The molecule has 0 radical (unpaired) electrons. The van der Waals surface area contributed by atoms with Crippen molar-refractivity contribution in [2.24, 2.45) is 0 Å². The summed E-state index contributed by atoms with van der Waals surface area (Å²) in [5.41, 5.74) is 0. The lowest BCUT2D eigenvalue weighted by Gasteiger charge is -2.18. The third-order valence-corrected chi connectivity index (χ3v) is 10.9. The Morgan fingerprint density at radius 3 is 0.741 bits per heavy atom. The molecule has 1 atom stereocenters. The molecule has 0 aromatic heterocycles. The van der Waals surface area contributed by atoms with Crippen LogP contribution in [0.15, 0.2) is 0 Å². The summed E-state index contributed by atoms with van der Waals surface area (Å²) < 4.78 is 16.6. The first-order valence-electron chi connectivity index (χ1n) is 24.0. The van der Waals surface area contributed by atoms with Gasteiger partial charge in [0.15, 0.2) is 6.10 Å². The van der Waals surface area contributed by atoms with Crippen molar-refractivity contribution in [3.05, 3.63) is 0 Å². The minimum Gasteiger partial charge on any atom is -0.462 e. The Labute approximate surface area is 336 Å². The summed E-state index contributed by atoms with van der Waals surface area (Å²) in [6.07, 6.45) is 45.5. The van der Waals surface area contributed by atoms with Gasteiger partial charge in [0.1, 0.15) is 13.2 Å². The van der Waals surface area contributed by atoms with Crippen molar-refractivity contribution < 1.29 is 28.6 Å². The molecule has 54 heavy (non-hydrogen) atoms. The highest BCUT2D eigenvalue weighted by molar-refractivity contribution is 5.71. The average Bonchev–Trinajstić information content (AvgIpc) is 3.17. The lowest BCUT2D eigenvalue weighted by molar-refractivity contribution is -0.167. The summed E-state index contributed by atoms with van der Waals surface area (Å²) in [6.45, 7) is 6.59. The number of esters is 3. The Balaban J connectivity index is 4.09. The Kier molecular flexibility index (Phi) is 42.8. The second-order valence-corrected chi connectivity index (χ2v) is 16.4. The van der Waals surface area contributed by atoms with Gasteiger partial charge in [0.25, 0.3) is 0 Å². The van der Waals surface area contributed by atoms with E-state index in [0.29, 0.717) is 19.3 Å². The van der Waals surface area contributed by atoms with E-state index in [4.69, 9.17) is 14.2 Å². The van der Waals surface area contributed by atoms with Crippen molar-refractivity contribution in [1.29, 1.82) is 0 Å². The van der Waals surface area contributed by atoms with Crippen molar-refractivity contribution in [2.75, 3.05) is 13.2 Å². The fourth-order valence-electron chi connectivity index (χ4n) is 7.21. The molecule has 0 aromatic carbocycles. The zero-order chi connectivity index (χ0) is 39.4. The van der Waals surface area contributed by atoms with Gasteiger partial charge in [-0.2, -0.15) is 0 Å². The molecule has 320 valence electrons. The van der Waals surface area contributed by atoms with E-state index < -0.39 is 6.10 Å². The zero-order valence-corrected chi connectivity index (χ0v) is 36.5. The monoisotopic (exact) mass is 765 g/mol. The highest BCUT2D eigenvalue weighted by atomic mass is 16.6. The van der Waals surface area contributed by atoms with Crippen LogP contribution in [0.25, 0.3) is 0 Å². The summed E-state index contributed by atoms with van der Waals surface area (Å²) >= 11 is 0. The van der Waals surface area contributed by atoms with Crippen LogP contribution in [0.1, 0.15) is 271 Å². The van der Waals surface area contributed by atoms with Crippen molar-refractivity contribution >= 4 is 17.9 Å². The van der Waals surface area contributed by atoms with E-state index in [1.165, 1.54) is 167 Å². The molecular formula is C48H92O6. The molecule has 0 aliphatic rings. The molecule has 0 bridgehead atoms. The Morgan fingerprint density at radius 1 is 0.296 bits per heavy atom. The van der Waals surface area contributed by atoms with E-state index >= 15 is 0 Å². The molecule has 0 rings (SSSR count). The van der Waals surface area contributed by atoms with Gasteiger partial charge >= 0.3 is 17.9 Å². The van der Waals surface area contributed by atoms with E-state index in [2.05, 4.69) is 20.8 Å². The minimum atomic E-state index is -0.757. The maximum atomic E-state index is 12.5. The molecule has 0 amide bonds. The van der Waals surface area contributed by atoms with Gasteiger partial charge in [-0.3, -0.25) is 14.4 Å². The lowest BCUT2D eigenvalue weighted by Crippen LogP contribution is -2.30. The van der Waals surface area contributed by atoms with Crippen LogP contribution in [0.2, 0.25) is 0 Å². The van der Waals surface area contributed by atoms with Crippen LogP contribution in [0.5, 0.6) is 0 Å². The van der Waals surface area contributed by atoms with Gasteiger partial charge in [-0.25, -0.2) is 0 Å². The quantitative estimate of drug-likeness (QED) is 0.0349. The molecule has 0 aromatic rings. The first-order chi connectivity index (χ1) is 26.5. The van der Waals surface area contributed by atoms with Gasteiger partial charge in [0.05, 0.1) is 0 Å². The van der Waals surface area contributed by atoms with E-state index in [0.717, 1.165) is 64.2 Å². The number of unbranched alkanes of at least 4 members (excludes halogenated alkanes) is 33. The standard InChI is InChI=1S/C48H92O6/c1-4-7-10-13-15-17-19-21-23-25-27-29-31-33-36-38-41-47(50)53-44-45(54-48(51)42-39-34-12-9-6-3)43-52-46(49)40-37-35-32-30-28-26-24-22-20-18-16-14-11-8-5-2/h45H,4-44H2,1-3H3/t45-/m0/s1. The van der Waals surface area contributed by atoms with E-state index in [1.54, 1.807) is 0 Å². The molecule has 0 saturated carbocycles. The van der Waals surface area contributed by atoms with Gasteiger partial charge in [-0.15, -0.1) is 0 Å². The van der Waals surface area contributed by atoms with E-state index in [-0.39, 0.29) is 31.1 Å². The largest absolute Gasteiger partial charge is 0.462 e. The first kappa shape index (κ1) is 52.4. The maximum absolute atomic E-state index is 12.5. The third-order valence-electron chi connectivity index (χ3n) is 10.9. The van der Waals surface area contributed by atoms with E-state index in [1.807, 2.05) is 0 Å². The molecular weight excluding hydrogens is 673 g/mol. The minimum absolute atomic E-state index is 0.0640. The fourth-order valence-corrected chi connectivity index (χ4v) is 7.21. The summed E-state index contributed by atoms with van der Waals surface area (Å²) in [7, 11) is 0. The molecule has 6 heteroatoms.